The molecule has 0 radical (unpaired) electrons. The molecule has 0 unspecified atom stereocenters. The second kappa shape index (κ2) is 7.81. The Hall–Kier alpha value is -1.86. The van der Waals surface area contributed by atoms with Crippen molar-refractivity contribution in [3.8, 4) is 0 Å². The molecule has 2 aromatic heterocycles. The highest BCUT2D eigenvalue weighted by atomic mass is 35.5. The molecule has 1 amide bonds. The van der Waals surface area contributed by atoms with Gasteiger partial charge in [-0.15, -0.1) is 11.3 Å². The Balaban J connectivity index is 1.47. The molecule has 0 spiro atoms. The van der Waals surface area contributed by atoms with Gasteiger partial charge in [-0.05, 0) is 30.7 Å². The molecule has 0 atom stereocenters. The number of aromatic nitrogens is 2. The van der Waals surface area contributed by atoms with E-state index in [9.17, 15) is 4.79 Å². The molecule has 2 aromatic rings. The number of piperidine rings is 1. The molecular formula is C16H20ClN5OS. The lowest BCUT2D eigenvalue weighted by Gasteiger charge is -2.32. The Morgan fingerprint density at radius 2 is 2.21 bits per heavy atom. The van der Waals surface area contributed by atoms with Crippen LogP contribution in [0.2, 0.25) is 5.02 Å². The van der Waals surface area contributed by atoms with E-state index >= 15 is 0 Å². The minimum atomic E-state index is 0.0440. The standard InChI is InChI=1S/C16H20ClN5OS/c17-13-14(18)20-10-21-15(13)22-7-4-11(5-8-22)16(23)19-6-3-12-2-1-9-24-12/h1-2,9-11H,3-8H2,(H,19,23)(H2,18,20,21). The van der Waals surface area contributed by atoms with Crippen molar-refractivity contribution < 1.29 is 4.79 Å². The predicted molar refractivity (Wildman–Crippen MR) is 97.4 cm³/mol. The Labute approximate surface area is 150 Å². The maximum absolute atomic E-state index is 12.3. The van der Waals surface area contributed by atoms with Gasteiger partial charge < -0.3 is 16.0 Å². The number of anilines is 2. The third-order valence-corrected chi connectivity index (χ3v) is 5.51. The van der Waals surface area contributed by atoms with Crippen molar-refractivity contribution in [1.29, 1.82) is 0 Å². The SMILES string of the molecule is Nc1ncnc(N2CCC(C(=O)NCCc3cccs3)CC2)c1Cl. The van der Waals surface area contributed by atoms with Crippen molar-refractivity contribution >= 4 is 40.5 Å². The number of hydrogen-bond acceptors (Lipinski definition) is 6. The lowest BCUT2D eigenvalue weighted by molar-refractivity contribution is -0.125. The molecule has 1 fully saturated rings. The molecule has 3 heterocycles. The smallest absolute Gasteiger partial charge is 0.223 e. The number of carbonyl (C=O) groups excluding carboxylic acids is 1. The second-order valence-corrected chi connectivity index (χ2v) is 7.19. The first-order valence-corrected chi connectivity index (χ1v) is 9.22. The first-order chi connectivity index (χ1) is 11.6. The molecule has 0 saturated carbocycles. The van der Waals surface area contributed by atoms with Gasteiger partial charge in [0.05, 0.1) is 0 Å². The molecule has 1 aliphatic rings. The van der Waals surface area contributed by atoms with Crippen LogP contribution in [0.15, 0.2) is 23.8 Å². The summed E-state index contributed by atoms with van der Waals surface area (Å²) in [7, 11) is 0. The van der Waals surface area contributed by atoms with Crippen LogP contribution in [0.25, 0.3) is 0 Å². The van der Waals surface area contributed by atoms with Crippen LogP contribution in [0.1, 0.15) is 17.7 Å². The summed E-state index contributed by atoms with van der Waals surface area (Å²) in [5.74, 6) is 1.12. The van der Waals surface area contributed by atoms with E-state index < -0.39 is 0 Å². The van der Waals surface area contributed by atoms with E-state index in [1.807, 2.05) is 6.07 Å². The van der Waals surface area contributed by atoms with Gasteiger partial charge in [0.15, 0.2) is 5.82 Å². The fraction of sp³-hybridized carbons (Fsp3) is 0.438. The van der Waals surface area contributed by atoms with Gasteiger partial charge in [-0.25, -0.2) is 9.97 Å². The van der Waals surface area contributed by atoms with Gasteiger partial charge in [0.2, 0.25) is 5.91 Å². The lowest BCUT2D eigenvalue weighted by atomic mass is 9.96. The van der Waals surface area contributed by atoms with E-state index in [4.69, 9.17) is 17.3 Å². The lowest BCUT2D eigenvalue weighted by Crippen LogP contribution is -2.41. The first-order valence-electron chi connectivity index (χ1n) is 7.96. The normalized spacial score (nSPS) is 15.5. The van der Waals surface area contributed by atoms with Crippen LogP contribution in [-0.2, 0) is 11.2 Å². The maximum atomic E-state index is 12.3. The number of rotatable bonds is 5. The van der Waals surface area contributed by atoms with E-state index in [2.05, 4.69) is 31.6 Å². The van der Waals surface area contributed by atoms with Gasteiger partial charge in [-0.1, -0.05) is 17.7 Å². The van der Waals surface area contributed by atoms with Crippen LogP contribution in [0, 0.1) is 5.92 Å². The predicted octanol–water partition coefficient (Wildman–Crippen LogP) is 2.35. The second-order valence-electron chi connectivity index (χ2n) is 5.78. The third-order valence-electron chi connectivity index (χ3n) is 4.21. The summed E-state index contributed by atoms with van der Waals surface area (Å²) in [5, 5.41) is 5.48. The van der Waals surface area contributed by atoms with Crippen molar-refractivity contribution in [2.24, 2.45) is 5.92 Å². The topological polar surface area (TPSA) is 84.1 Å². The number of carbonyl (C=O) groups is 1. The van der Waals surface area contributed by atoms with Crippen LogP contribution >= 0.6 is 22.9 Å². The number of amides is 1. The van der Waals surface area contributed by atoms with Crippen LogP contribution in [0.4, 0.5) is 11.6 Å². The van der Waals surface area contributed by atoms with Crippen molar-refractivity contribution in [3.05, 3.63) is 33.7 Å². The van der Waals surface area contributed by atoms with Gasteiger partial charge in [0.1, 0.15) is 17.2 Å². The van der Waals surface area contributed by atoms with E-state index in [1.54, 1.807) is 11.3 Å². The number of nitrogens with two attached hydrogens (primary N) is 1. The summed E-state index contributed by atoms with van der Waals surface area (Å²) in [5.41, 5.74) is 5.72. The first kappa shape index (κ1) is 17.0. The zero-order valence-corrected chi connectivity index (χ0v) is 14.8. The van der Waals surface area contributed by atoms with E-state index in [-0.39, 0.29) is 17.6 Å². The number of nitrogens with one attached hydrogen (secondary N) is 1. The summed E-state index contributed by atoms with van der Waals surface area (Å²) < 4.78 is 0. The highest BCUT2D eigenvalue weighted by Crippen LogP contribution is 2.30. The molecule has 8 heteroatoms. The average molecular weight is 366 g/mol. The minimum Gasteiger partial charge on any atom is -0.382 e. The molecular weight excluding hydrogens is 346 g/mol. The van der Waals surface area contributed by atoms with Gasteiger partial charge in [0, 0.05) is 30.4 Å². The zero-order valence-electron chi connectivity index (χ0n) is 13.2. The molecule has 24 heavy (non-hydrogen) atoms. The Kier molecular flexibility index (Phi) is 5.52. The highest BCUT2D eigenvalue weighted by Gasteiger charge is 2.26. The molecule has 6 nitrogen and oxygen atoms in total. The Morgan fingerprint density at radius 3 is 2.92 bits per heavy atom. The summed E-state index contributed by atoms with van der Waals surface area (Å²) in [6, 6.07) is 4.12. The molecule has 1 aliphatic heterocycles. The fourth-order valence-electron chi connectivity index (χ4n) is 2.86. The van der Waals surface area contributed by atoms with E-state index in [0.29, 0.717) is 17.4 Å². The van der Waals surface area contributed by atoms with Crippen LogP contribution < -0.4 is 16.0 Å². The Morgan fingerprint density at radius 1 is 1.42 bits per heavy atom. The molecule has 3 N–H and O–H groups in total. The van der Waals surface area contributed by atoms with Crippen molar-refractivity contribution in [3.63, 3.8) is 0 Å². The minimum absolute atomic E-state index is 0.0440. The maximum Gasteiger partial charge on any atom is 0.223 e. The number of hydrogen-bond donors (Lipinski definition) is 2. The van der Waals surface area contributed by atoms with Crippen LogP contribution in [-0.4, -0.2) is 35.5 Å². The fourth-order valence-corrected chi connectivity index (χ4v) is 3.78. The average Bonchev–Trinajstić information content (AvgIpc) is 3.11. The molecule has 0 bridgehead atoms. The monoisotopic (exact) mass is 365 g/mol. The number of nitrogen functional groups attached to an aromatic ring is 1. The Bertz CT molecular complexity index is 686. The van der Waals surface area contributed by atoms with Gasteiger partial charge in [-0.3, -0.25) is 4.79 Å². The molecule has 128 valence electrons. The summed E-state index contributed by atoms with van der Waals surface area (Å²) >= 11 is 7.89. The van der Waals surface area contributed by atoms with E-state index in [1.165, 1.54) is 11.2 Å². The summed E-state index contributed by atoms with van der Waals surface area (Å²) in [6.45, 7) is 2.16. The van der Waals surface area contributed by atoms with Gasteiger partial charge in [0.25, 0.3) is 0 Å². The molecule has 1 saturated heterocycles. The number of halogens is 1. The van der Waals surface area contributed by atoms with E-state index in [0.717, 1.165) is 32.4 Å². The van der Waals surface area contributed by atoms with Crippen molar-refractivity contribution in [2.45, 2.75) is 19.3 Å². The van der Waals surface area contributed by atoms with Gasteiger partial charge in [-0.2, -0.15) is 0 Å². The zero-order chi connectivity index (χ0) is 16.9. The quantitative estimate of drug-likeness (QED) is 0.849. The van der Waals surface area contributed by atoms with Crippen LogP contribution in [0.5, 0.6) is 0 Å². The highest BCUT2D eigenvalue weighted by molar-refractivity contribution is 7.09. The molecule has 0 aliphatic carbocycles. The summed E-state index contributed by atoms with van der Waals surface area (Å²) in [4.78, 5) is 23.7. The molecule has 3 rings (SSSR count). The van der Waals surface area contributed by atoms with Crippen LogP contribution in [0.3, 0.4) is 0 Å². The van der Waals surface area contributed by atoms with Gasteiger partial charge >= 0.3 is 0 Å². The van der Waals surface area contributed by atoms with Crippen molar-refractivity contribution in [2.75, 3.05) is 30.3 Å². The number of nitrogens with zero attached hydrogens (tertiary/aromatic N) is 3. The summed E-state index contributed by atoms with van der Waals surface area (Å²) in [6.07, 6.45) is 3.87. The largest absolute Gasteiger partial charge is 0.382 e. The third kappa shape index (κ3) is 3.96. The van der Waals surface area contributed by atoms with Crippen molar-refractivity contribution in [1.82, 2.24) is 15.3 Å². The number of thiophene rings is 1. The molecule has 0 aromatic carbocycles.